The molecule has 0 saturated carbocycles. The molecule has 0 aliphatic carbocycles. The molecule has 0 aromatic heterocycles. The minimum Gasteiger partial charge on any atom is -0.330 e. The fourth-order valence-electron chi connectivity index (χ4n) is 2.07. The van der Waals surface area contributed by atoms with E-state index < -0.39 is 0 Å². The van der Waals surface area contributed by atoms with Gasteiger partial charge in [0.2, 0.25) is 5.91 Å². The molecule has 18 heavy (non-hydrogen) atoms. The number of nitrogens with two attached hydrogens (primary N) is 1. The van der Waals surface area contributed by atoms with E-state index >= 15 is 0 Å². The molecule has 0 aliphatic rings. The summed E-state index contributed by atoms with van der Waals surface area (Å²) in [4.78, 5) is 12.1. The first-order chi connectivity index (χ1) is 8.58. The fraction of sp³-hybridized carbons (Fsp3) is 0.533. The SMILES string of the molecule is CCC(CCCN)C(=O)Nc1ccc(C)cc1C. The van der Waals surface area contributed by atoms with E-state index in [1.54, 1.807) is 0 Å². The minimum atomic E-state index is 0.0641. The molecule has 1 aromatic carbocycles. The standard InChI is InChI=1S/C15H24N2O/c1-4-13(6-5-9-16)15(18)17-14-8-7-11(2)10-12(14)3/h7-8,10,13H,4-6,9,16H2,1-3H3,(H,17,18). The average Bonchev–Trinajstić information content (AvgIpc) is 2.34. The molecule has 100 valence electrons. The molecule has 0 spiro atoms. The van der Waals surface area contributed by atoms with Gasteiger partial charge in [0.1, 0.15) is 0 Å². The fourth-order valence-corrected chi connectivity index (χ4v) is 2.07. The molecule has 0 fully saturated rings. The van der Waals surface area contributed by atoms with Gasteiger partial charge in [-0.05, 0) is 51.3 Å². The maximum absolute atomic E-state index is 12.1. The van der Waals surface area contributed by atoms with Crippen molar-refractivity contribution in [2.24, 2.45) is 11.7 Å². The van der Waals surface area contributed by atoms with E-state index in [0.29, 0.717) is 6.54 Å². The topological polar surface area (TPSA) is 55.1 Å². The summed E-state index contributed by atoms with van der Waals surface area (Å²) in [6.45, 7) is 6.76. The number of hydrogen-bond acceptors (Lipinski definition) is 2. The largest absolute Gasteiger partial charge is 0.330 e. The van der Waals surface area contributed by atoms with Crippen molar-refractivity contribution in [3.63, 3.8) is 0 Å². The van der Waals surface area contributed by atoms with Gasteiger partial charge in [0.25, 0.3) is 0 Å². The molecule has 0 saturated heterocycles. The molecule has 3 N–H and O–H groups in total. The lowest BCUT2D eigenvalue weighted by Crippen LogP contribution is -2.23. The Morgan fingerprint density at radius 3 is 2.67 bits per heavy atom. The lowest BCUT2D eigenvalue weighted by molar-refractivity contribution is -0.120. The van der Waals surface area contributed by atoms with E-state index in [1.165, 1.54) is 5.56 Å². The highest BCUT2D eigenvalue weighted by atomic mass is 16.1. The Morgan fingerprint density at radius 2 is 2.11 bits per heavy atom. The first kappa shape index (κ1) is 14.7. The highest BCUT2D eigenvalue weighted by molar-refractivity contribution is 5.93. The third kappa shape index (κ3) is 4.15. The van der Waals surface area contributed by atoms with Crippen LogP contribution in [0.5, 0.6) is 0 Å². The number of nitrogens with one attached hydrogen (secondary N) is 1. The molecule has 1 unspecified atom stereocenters. The van der Waals surface area contributed by atoms with Crippen molar-refractivity contribution in [1.82, 2.24) is 0 Å². The van der Waals surface area contributed by atoms with Crippen molar-refractivity contribution in [2.45, 2.75) is 40.0 Å². The van der Waals surface area contributed by atoms with Crippen LogP contribution in [0, 0.1) is 19.8 Å². The van der Waals surface area contributed by atoms with Gasteiger partial charge < -0.3 is 11.1 Å². The number of anilines is 1. The molecule has 1 rings (SSSR count). The number of amides is 1. The molecular formula is C15H24N2O. The van der Waals surface area contributed by atoms with Gasteiger partial charge in [0.05, 0.1) is 0 Å². The lowest BCUT2D eigenvalue weighted by atomic mass is 9.99. The zero-order chi connectivity index (χ0) is 13.5. The van der Waals surface area contributed by atoms with E-state index in [-0.39, 0.29) is 11.8 Å². The van der Waals surface area contributed by atoms with Crippen LogP contribution in [0.2, 0.25) is 0 Å². The van der Waals surface area contributed by atoms with E-state index in [2.05, 4.69) is 18.3 Å². The van der Waals surface area contributed by atoms with Crippen LogP contribution in [0.25, 0.3) is 0 Å². The Hall–Kier alpha value is -1.35. The van der Waals surface area contributed by atoms with E-state index in [4.69, 9.17) is 5.73 Å². The van der Waals surface area contributed by atoms with Gasteiger partial charge in [-0.25, -0.2) is 0 Å². The highest BCUT2D eigenvalue weighted by Crippen LogP contribution is 2.19. The van der Waals surface area contributed by atoms with Crippen LogP contribution in [-0.4, -0.2) is 12.5 Å². The van der Waals surface area contributed by atoms with Crippen LogP contribution in [-0.2, 0) is 4.79 Å². The van der Waals surface area contributed by atoms with Crippen LogP contribution in [0.3, 0.4) is 0 Å². The Balaban J connectivity index is 2.67. The zero-order valence-electron chi connectivity index (χ0n) is 11.6. The predicted octanol–water partition coefficient (Wildman–Crippen LogP) is 3.01. The second kappa shape index (κ2) is 7.17. The molecule has 1 aromatic rings. The molecule has 3 nitrogen and oxygen atoms in total. The van der Waals surface area contributed by atoms with Crippen LogP contribution >= 0.6 is 0 Å². The Kier molecular flexibility index (Phi) is 5.86. The normalized spacial score (nSPS) is 12.2. The van der Waals surface area contributed by atoms with Gasteiger partial charge in [-0.1, -0.05) is 24.6 Å². The smallest absolute Gasteiger partial charge is 0.227 e. The molecule has 0 radical (unpaired) electrons. The lowest BCUT2D eigenvalue weighted by Gasteiger charge is -2.16. The van der Waals surface area contributed by atoms with Crippen molar-refractivity contribution >= 4 is 11.6 Å². The average molecular weight is 248 g/mol. The van der Waals surface area contributed by atoms with Crippen molar-refractivity contribution in [2.75, 3.05) is 11.9 Å². The summed E-state index contributed by atoms with van der Waals surface area (Å²) in [6.07, 6.45) is 2.62. The number of rotatable bonds is 6. The molecule has 3 heteroatoms. The predicted molar refractivity (Wildman–Crippen MR) is 76.6 cm³/mol. The zero-order valence-corrected chi connectivity index (χ0v) is 11.6. The van der Waals surface area contributed by atoms with Crippen LogP contribution in [0.1, 0.15) is 37.3 Å². The third-order valence-corrected chi connectivity index (χ3v) is 3.26. The van der Waals surface area contributed by atoms with Crippen LogP contribution in [0.4, 0.5) is 5.69 Å². The quantitative estimate of drug-likeness (QED) is 0.813. The summed E-state index contributed by atoms with van der Waals surface area (Å²) in [7, 11) is 0. The molecular weight excluding hydrogens is 224 g/mol. The molecule has 1 atom stereocenters. The number of carbonyl (C=O) groups is 1. The summed E-state index contributed by atoms with van der Waals surface area (Å²) in [5.41, 5.74) is 8.72. The number of carbonyl (C=O) groups excluding carboxylic acids is 1. The second-order valence-corrected chi connectivity index (χ2v) is 4.84. The molecule has 0 aliphatic heterocycles. The summed E-state index contributed by atoms with van der Waals surface area (Å²) < 4.78 is 0. The maximum Gasteiger partial charge on any atom is 0.227 e. The Labute approximate surface area is 110 Å². The van der Waals surface area contributed by atoms with Crippen LogP contribution < -0.4 is 11.1 Å². The Morgan fingerprint density at radius 1 is 1.39 bits per heavy atom. The summed E-state index contributed by atoms with van der Waals surface area (Å²) in [5.74, 6) is 0.173. The van der Waals surface area contributed by atoms with Crippen molar-refractivity contribution < 1.29 is 4.79 Å². The van der Waals surface area contributed by atoms with Gasteiger partial charge in [-0.2, -0.15) is 0 Å². The van der Waals surface area contributed by atoms with E-state index in [0.717, 1.165) is 30.5 Å². The second-order valence-electron chi connectivity index (χ2n) is 4.84. The van der Waals surface area contributed by atoms with Gasteiger partial charge in [-0.3, -0.25) is 4.79 Å². The number of hydrogen-bond donors (Lipinski definition) is 2. The van der Waals surface area contributed by atoms with Crippen molar-refractivity contribution in [3.8, 4) is 0 Å². The van der Waals surface area contributed by atoms with E-state index in [9.17, 15) is 4.79 Å². The first-order valence-corrected chi connectivity index (χ1v) is 6.66. The number of benzene rings is 1. The van der Waals surface area contributed by atoms with Crippen molar-refractivity contribution in [1.29, 1.82) is 0 Å². The summed E-state index contributed by atoms with van der Waals surface area (Å²) in [5, 5.41) is 3.02. The van der Waals surface area contributed by atoms with Gasteiger partial charge in [-0.15, -0.1) is 0 Å². The summed E-state index contributed by atoms with van der Waals surface area (Å²) in [6, 6.07) is 6.07. The molecule has 1 amide bonds. The van der Waals surface area contributed by atoms with Crippen LogP contribution in [0.15, 0.2) is 18.2 Å². The van der Waals surface area contributed by atoms with E-state index in [1.807, 2.05) is 26.0 Å². The highest BCUT2D eigenvalue weighted by Gasteiger charge is 2.16. The van der Waals surface area contributed by atoms with Gasteiger partial charge >= 0.3 is 0 Å². The van der Waals surface area contributed by atoms with Gasteiger partial charge in [0.15, 0.2) is 0 Å². The molecule has 0 heterocycles. The van der Waals surface area contributed by atoms with Gasteiger partial charge in [0, 0.05) is 11.6 Å². The third-order valence-electron chi connectivity index (χ3n) is 3.26. The summed E-state index contributed by atoms with van der Waals surface area (Å²) >= 11 is 0. The maximum atomic E-state index is 12.1. The minimum absolute atomic E-state index is 0.0641. The number of aryl methyl sites for hydroxylation is 2. The first-order valence-electron chi connectivity index (χ1n) is 6.66. The molecule has 0 bridgehead atoms. The Bertz CT molecular complexity index is 401. The van der Waals surface area contributed by atoms with Crippen molar-refractivity contribution in [3.05, 3.63) is 29.3 Å². The monoisotopic (exact) mass is 248 g/mol.